The predicted octanol–water partition coefficient (Wildman–Crippen LogP) is 9.91. The van der Waals surface area contributed by atoms with Crippen LogP contribution in [0.25, 0.3) is 31.3 Å². The Bertz CT molecular complexity index is 3190. The van der Waals surface area contributed by atoms with Gasteiger partial charge in [-0.25, -0.2) is 0 Å². The summed E-state index contributed by atoms with van der Waals surface area (Å²) in [7, 11) is 0. The lowest BCUT2D eigenvalue weighted by Gasteiger charge is -2.53. The van der Waals surface area contributed by atoms with Crippen LogP contribution in [0.1, 0.15) is 35.4 Å². The van der Waals surface area contributed by atoms with E-state index in [0.717, 1.165) is 19.3 Å². The average Bonchev–Trinajstić information content (AvgIpc) is 4.15. The van der Waals surface area contributed by atoms with E-state index in [9.17, 15) is 0 Å². The Kier molecular flexibility index (Phi) is 8.10. The maximum atomic E-state index is 2.86. The van der Waals surface area contributed by atoms with Crippen LogP contribution >= 0.6 is 69.3 Å². The quantitative estimate of drug-likeness (QED) is 0.153. The Hall–Kier alpha value is -4.54. The lowest BCUT2D eigenvalue weighted by Crippen LogP contribution is -2.73. The molecule has 0 spiro atoms. The molecule has 0 atom stereocenters. The van der Waals surface area contributed by atoms with Crippen molar-refractivity contribution in [2.45, 2.75) is 69.4 Å². The van der Waals surface area contributed by atoms with E-state index in [4.69, 9.17) is 0 Å². The standard InChI is InChI=1S/C54H36B3NS6/c1-4-28-19-22-40(59-28)31-25-37-49-46-52(31)62-43-16-10-7-13-34(43)56(46)38-26-32(41-23-20-29(5-2)60-41)54-48-50(38)58(49)51-39(57(48)36-15-9-12-18-45(36)64-54)27-33(42-24-21-30(6-3)61-42)53-47(51)55(37)35-14-8-11-17-44(35)63-53/h7-27H,4-6H2,1-3H3. The zero-order valence-electron chi connectivity index (χ0n) is 35.4. The molecule has 6 aliphatic heterocycles. The van der Waals surface area contributed by atoms with E-state index in [2.05, 4.69) is 153 Å². The first-order chi connectivity index (χ1) is 31.6. The fraction of sp³-hybridized carbons (Fsp3) is 0.111. The summed E-state index contributed by atoms with van der Waals surface area (Å²) in [5, 5.41) is 0. The number of fused-ring (bicyclic) bond motifs is 9. The van der Waals surface area contributed by atoms with Crippen molar-refractivity contribution in [3.8, 4) is 31.3 Å². The van der Waals surface area contributed by atoms with Gasteiger partial charge in [0.05, 0.1) is 0 Å². The van der Waals surface area contributed by atoms with Crippen LogP contribution in [0, 0.1) is 0 Å². The zero-order chi connectivity index (χ0) is 42.1. The highest BCUT2D eigenvalue weighted by Crippen LogP contribution is 2.53. The van der Waals surface area contributed by atoms with Gasteiger partial charge in [0.2, 0.25) is 20.1 Å². The van der Waals surface area contributed by atoms with Gasteiger partial charge in [0, 0.05) is 92.4 Å². The summed E-state index contributed by atoms with van der Waals surface area (Å²) in [4.78, 5) is 19.8. The molecular weight excluding hydrogens is 887 g/mol. The van der Waals surface area contributed by atoms with Crippen LogP contribution < -0.4 is 54.1 Å². The Labute approximate surface area is 400 Å². The molecule has 9 aromatic rings. The number of aryl methyl sites for hydroxylation is 3. The lowest BCUT2D eigenvalue weighted by atomic mass is 9.26. The van der Waals surface area contributed by atoms with E-state index in [-0.39, 0.29) is 20.1 Å². The largest absolute Gasteiger partial charge is 0.313 e. The van der Waals surface area contributed by atoms with Gasteiger partial charge in [-0.2, -0.15) is 0 Å². The first-order valence-electron chi connectivity index (χ1n) is 22.6. The average molecular weight is 924 g/mol. The molecule has 6 aromatic carbocycles. The summed E-state index contributed by atoms with van der Waals surface area (Å²) in [6.45, 7) is 7.19. The van der Waals surface area contributed by atoms with Crippen molar-refractivity contribution < 1.29 is 0 Å². The Morgan fingerprint density at radius 2 is 0.688 bits per heavy atom. The van der Waals surface area contributed by atoms with Crippen LogP contribution in [-0.4, -0.2) is 20.1 Å². The topological polar surface area (TPSA) is 3.24 Å². The number of anilines is 3. The van der Waals surface area contributed by atoms with Crippen molar-refractivity contribution in [3.05, 3.63) is 142 Å². The van der Waals surface area contributed by atoms with Gasteiger partial charge in [-0.05, 0) is 107 Å². The van der Waals surface area contributed by atoms with Gasteiger partial charge >= 0.3 is 0 Å². The van der Waals surface area contributed by atoms with E-state index in [1.165, 1.54) is 142 Å². The highest BCUT2D eigenvalue weighted by molar-refractivity contribution is 8.01. The number of nitrogens with zero attached hydrogens (tertiary/aromatic N) is 1. The molecule has 1 nitrogen and oxygen atoms in total. The second kappa shape index (κ2) is 13.8. The minimum absolute atomic E-state index is 0.101. The van der Waals surface area contributed by atoms with Crippen molar-refractivity contribution in [1.29, 1.82) is 0 Å². The minimum atomic E-state index is 0.101. The van der Waals surface area contributed by atoms with Crippen LogP contribution in [0.2, 0.25) is 0 Å². The van der Waals surface area contributed by atoms with Gasteiger partial charge in [0.15, 0.2) is 0 Å². The highest BCUT2D eigenvalue weighted by atomic mass is 32.2. The molecule has 0 unspecified atom stereocenters. The third kappa shape index (κ3) is 4.90. The molecule has 0 N–H and O–H groups in total. The Morgan fingerprint density at radius 3 is 0.984 bits per heavy atom. The van der Waals surface area contributed by atoms with Gasteiger partial charge in [-0.1, -0.05) is 145 Å². The molecule has 10 heteroatoms. The summed E-state index contributed by atoms with van der Waals surface area (Å²) in [5.74, 6) is 0. The van der Waals surface area contributed by atoms with E-state index < -0.39 is 0 Å². The van der Waals surface area contributed by atoms with Crippen LogP contribution in [-0.2, 0) is 19.3 Å². The first-order valence-corrected chi connectivity index (χ1v) is 27.5. The minimum Gasteiger partial charge on any atom is -0.313 e. The second-order valence-electron chi connectivity index (χ2n) is 17.7. The molecule has 6 aliphatic rings. The maximum Gasteiger partial charge on any atom is 0.249 e. The Balaban J connectivity index is 1.16. The monoisotopic (exact) mass is 923 g/mol. The molecular formula is C54H36B3NS6. The van der Waals surface area contributed by atoms with Crippen molar-refractivity contribution in [3.63, 3.8) is 0 Å². The number of benzene rings is 6. The number of rotatable bonds is 6. The van der Waals surface area contributed by atoms with Gasteiger partial charge < -0.3 is 4.90 Å². The van der Waals surface area contributed by atoms with Crippen molar-refractivity contribution >= 4 is 156 Å². The summed E-state index contributed by atoms with van der Waals surface area (Å²) in [6.07, 6.45) is 3.15. The van der Waals surface area contributed by atoms with Gasteiger partial charge in [-0.3, -0.25) is 0 Å². The third-order valence-electron chi connectivity index (χ3n) is 14.6. The van der Waals surface area contributed by atoms with Gasteiger partial charge in [0.1, 0.15) is 0 Å². The second-order valence-corrected chi connectivity index (χ2v) is 24.4. The summed E-state index contributed by atoms with van der Waals surface area (Å²) < 4.78 is 0. The predicted molar refractivity (Wildman–Crippen MR) is 285 cm³/mol. The molecule has 0 saturated carbocycles. The third-order valence-corrected chi connectivity index (χ3v) is 22.1. The molecule has 9 heterocycles. The van der Waals surface area contributed by atoms with Crippen molar-refractivity contribution in [2.24, 2.45) is 0 Å². The highest BCUT2D eigenvalue weighted by Gasteiger charge is 2.55. The summed E-state index contributed by atoms with van der Waals surface area (Å²) in [5.41, 5.74) is 21.8. The van der Waals surface area contributed by atoms with E-state index >= 15 is 0 Å². The summed E-state index contributed by atoms with van der Waals surface area (Å²) >= 11 is 12.0. The molecule has 0 aliphatic carbocycles. The van der Waals surface area contributed by atoms with Crippen molar-refractivity contribution in [2.75, 3.05) is 4.90 Å². The molecule has 64 heavy (non-hydrogen) atoms. The van der Waals surface area contributed by atoms with E-state index in [0.29, 0.717) is 0 Å². The van der Waals surface area contributed by atoms with Crippen LogP contribution in [0.15, 0.2) is 157 Å². The van der Waals surface area contributed by atoms with Gasteiger partial charge in [-0.15, -0.1) is 34.0 Å². The fourth-order valence-corrected chi connectivity index (χ4v) is 18.8. The zero-order valence-corrected chi connectivity index (χ0v) is 40.3. The van der Waals surface area contributed by atoms with E-state index in [1.54, 1.807) is 0 Å². The molecule has 0 fully saturated rings. The number of hydrogen-bond donors (Lipinski definition) is 0. The molecule has 0 bridgehead atoms. The molecule has 0 radical (unpaired) electrons. The normalized spacial score (nSPS) is 14.7. The first kappa shape index (κ1) is 37.7. The smallest absolute Gasteiger partial charge is 0.249 e. The van der Waals surface area contributed by atoms with Gasteiger partial charge in [0.25, 0.3) is 0 Å². The number of hydrogen-bond acceptors (Lipinski definition) is 7. The molecule has 15 rings (SSSR count). The molecule has 0 amide bonds. The molecule has 3 aromatic heterocycles. The van der Waals surface area contributed by atoms with Crippen LogP contribution in [0.4, 0.5) is 17.1 Å². The maximum absolute atomic E-state index is 2.86. The van der Waals surface area contributed by atoms with Crippen molar-refractivity contribution in [1.82, 2.24) is 0 Å². The summed E-state index contributed by atoms with van der Waals surface area (Å²) in [6, 6.07) is 50.6. The van der Waals surface area contributed by atoms with E-state index in [1.807, 2.05) is 69.3 Å². The lowest BCUT2D eigenvalue weighted by molar-refractivity contribution is 1.19. The van der Waals surface area contributed by atoms with Crippen LogP contribution in [0.3, 0.4) is 0 Å². The number of thiophene rings is 3. The SMILES string of the molecule is CCc1ccc(-c2cc3c4c5c2Sc2ccccc2B5c2cc(-c5ccc(CC)s5)c5c6c2N4c2c(cc(-c4ccc(CC)s4)c4c2B3c2ccccc2S4)B6c2ccccc2S5)s1. The molecule has 302 valence electrons. The molecule has 0 saturated heterocycles. The van der Waals surface area contributed by atoms with Crippen LogP contribution in [0.5, 0.6) is 0 Å². The fourth-order valence-electron chi connectivity index (χ4n) is 11.9. The Morgan fingerprint density at radius 1 is 0.375 bits per heavy atom.